The Balaban J connectivity index is 3.60. The SMILES string of the molecule is N#Cc1c(F)c(F)cc(C(F)(F)F)c1F. The van der Waals surface area contributed by atoms with Crippen molar-refractivity contribution in [3.05, 3.63) is 34.6 Å². The van der Waals surface area contributed by atoms with E-state index in [-0.39, 0.29) is 6.07 Å². The summed E-state index contributed by atoms with van der Waals surface area (Å²) in [6, 6.07) is 0.499. The maximum absolute atomic E-state index is 12.9. The summed E-state index contributed by atoms with van der Waals surface area (Å²) < 4.78 is 74.1. The van der Waals surface area contributed by atoms with Crippen molar-refractivity contribution in [2.24, 2.45) is 0 Å². The Morgan fingerprint density at radius 2 is 1.60 bits per heavy atom. The van der Waals surface area contributed by atoms with Crippen LogP contribution in [-0.4, -0.2) is 0 Å². The lowest BCUT2D eigenvalue weighted by Gasteiger charge is -2.09. The highest BCUT2D eigenvalue weighted by Crippen LogP contribution is 2.34. The average Bonchev–Trinajstić information content (AvgIpc) is 2.10. The molecule has 1 aromatic rings. The van der Waals surface area contributed by atoms with E-state index in [0.29, 0.717) is 0 Å². The number of nitriles is 1. The second-order valence-corrected chi connectivity index (χ2v) is 2.52. The van der Waals surface area contributed by atoms with Crippen molar-refractivity contribution >= 4 is 0 Å². The molecular formula is C8HF6N. The number of nitrogens with zero attached hydrogens (tertiary/aromatic N) is 1. The average molecular weight is 225 g/mol. The number of hydrogen-bond donors (Lipinski definition) is 0. The van der Waals surface area contributed by atoms with Crippen molar-refractivity contribution < 1.29 is 26.3 Å². The Morgan fingerprint density at radius 1 is 1.07 bits per heavy atom. The fourth-order valence-corrected chi connectivity index (χ4v) is 0.908. The first-order chi connectivity index (χ1) is 6.79. The van der Waals surface area contributed by atoms with Gasteiger partial charge in [0, 0.05) is 0 Å². The lowest BCUT2D eigenvalue weighted by molar-refractivity contribution is -0.140. The molecule has 0 bridgehead atoms. The first kappa shape index (κ1) is 11.4. The van der Waals surface area contributed by atoms with Gasteiger partial charge >= 0.3 is 6.18 Å². The Labute approximate surface area is 79.5 Å². The largest absolute Gasteiger partial charge is 0.419 e. The van der Waals surface area contributed by atoms with Gasteiger partial charge in [0.1, 0.15) is 11.6 Å². The van der Waals surface area contributed by atoms with Crippen molar-refractivity contribution in [3.63, 3.8) is 0 Å². The summed E-state index contributed by atoms with van der Waals surface area (Å²) in [6.07, 6.45) is -5.18. The summed E-state index contributed by atoms with van der Waals surface area (Å²) in [4.78, 5) is 0. The molecule has 0 N–H and O–H groups in total. The summed E-state index contributed by atoms with van der Waals surface area (Å²) in [5.74, 6) is -5.95. The van der Waals surface area contributed by atoms with Gasteiger partial charge in [0.05, 0.1) is 5.56 Å². The van der Waals surface area contributed by atoms with E-state index in [4.69, 9.17) is 5.26 Å². The normalized spacial score (nSPS) is 11.3. The van der Waals surface area contributed by atoms with Crippen LogP contribution in [0.4, 0.5) is 26.3 Å². The molecule has 0 atom stereocenters. The molecule has 0 fully saturated rings. The third-order valence-corrected chi connectivity index (χ3v) is 1.57. The van der Waals surface area contributed by atoms with Gasteiger partial charge < -0.3 is 0 Å². The number of alkyl halides is 3. The summed E-state index contributed by atoms with van der Waals surface area (Å²) in [5.41, 5.74) is -3.58. The van der Waals surface area contributed by atoms with Gasteiger partial charge in [-0.15, -0.1) is 0 Å². The fourth-order valence-electron chi connectivity index (χ4n) is 0.908. The van der Waals surface area contributed by atoms with E-state index >= 15 is 0 Å². The Hall–Kier alpha value is -1.71. The van der Waals surface area contributed by atoms with Crippen LogP contribution >= 0.6 is 0 Å². The molecule has 0 aromatic heterocycles. The van der Waals surface area contributed by atoms with Crippen molar-refractivity contribution in [1.82, 2.24) is 0 Å². The highest BCUT2D eigenvalue weighted by molar-refractivity contribution is 5.38. The van der Waals surface area contributed by atoms with E-state index in [1.807, 2.05) is 0 Å². The Bertz CT molecular complexity index is 442. The molecule has 0 aliphatic rings. The van der Waals surface area contributed by atoms with Crippen molar-refractivity contribution in [1.29, 1.82) is 5.26 Å². The number of hydrogen-bond acceptors (Lipinski definition) is 1. The molecule has 0 radical (unpaired) electrons. The van der Waals surface area contributed by atoms with Crippen LogP contribution < -0.4 is 0 Å². The quantitative estimate of drug-likeness (QED) is 0.491. The van der Waals surface area contributed by atoms with Crippen LogP contribution in [0.3, 0.4) is 0 Å². The second kappa shape index (κ2) is 3.46. The predicted octanol–water partition coefficient (Wildman–Crippen LogP) is 2.99. The topological polar surface area (TPSA) is 23.8 Å². The summed E-state index contributed by atoms with van der Waals surface area (Å²) >= 11 is 0. The Kier molecular flexibility index (Phi) is 2.62. The molecule has 80 valence electrons. The molecule has 0 heterocycles. The molecule has 0 aliphatic heterocycles. The maximum atomic E-state index is 12.9. The van der Waals surface area contributed by atoms with Gasteiger partial charge in [0.2, 0.25) is 0 Å². The van der Waals surface area contributed by atoms with Crippen LogP contribution in [0, 0.1) is 28.8 Å². The molecule has 0 unspecified atom stereocenters. The lowest BCUT2D eigenvalue weighted by atomic mass is 10.1. The van der Waals surface area contributed by atoms with Gasteiger partial charge in [-0.1, -0.05) is 0 Å². The summed E-state index contributed by atoms with van der Waals surface area (Å²) in [6.45, 7) is 0. The van der Waals surface area contributed by atoms with Gasteiger partial charge in [0.15, 0.2) is 17.5 Å². The zero-order valence-electron chi connectivity index (χ0n) is 6.79. The maximum Gasteiger partial charge on any atom is 0.419 e. The molecule has 0 saturated heterocycles. The molecule has 0 spiro atoms. The van der Waals surface area contributed by atoms with E-state index in [1.54, 1.807) is 0 Å². The first-order valence-electron chi connectivity index (χ1n) is 3.43. The monoisotopic (exact) mass is 225 g/mol. The highest BCUT2D eigenvalue weighted by atomic mass is 19.4. The number of benzene rings is 1. The molecule has 1 aromatic carbocycles. The molecule has 1 rings (SSSR count). The van der Waals surface area contributed by atoms with Gasteiger partial charge in [-0.2, -0.15) is 18.4 Å². The van der Waals surface area contributed by atoms with Crippen LogP contribution in [0.2, 0.25) is 0 Å². The van der Waals surface area contributed by atoms with Crippen molar-refractivity contribution in [2.75, 3.05) is 0 Å². The first-order valence-corrected chi connectivity index (χ1v) is 3.43. The molecule has 0 saturated carbocycles. The van der Waals surface area contributed by atoms with Gasteiger partial charge in [-0.3, -0.25) is 0 Å². The minimum atomic E-state index is -5.18. The minimum absolute atomic E-state index is 0.328. The van der Waals surface area contributed by atoms with Crippen LogP contribution in [0.25, 0.3) is 0 Å². The van der Waals surface area contributed by atoms with Crippen molar-refractivity contribution in [3.8, 4) is 6.07 Å². The molecule has 1 nitrogen and oxygen atoms in total. The van der Waals surface area contributed by atoms with Crippen LogP contribution in [0.1, 0.15) is 11.1 Å². The van der Waals surface area contributed by atoms with Gasteiger partial charge in [-0.25, -0.2) is 13.2 Å². The third-order valence-electron chi connectivity index (χ3n) is 1.57. The van der Waals surface area contributed by atoms with Crippen LogP contribution in [-0.2, 0) is 6.18 Å². The van der Waals surface area contributed by atoms with E-state index in [1.165, 1.54) is 0 Å². The fraction of sp³-hybridized carbons (Fsp3) is 0.125. The van der Waals surface area contributed by atoms with Crippen LogP contribution in [0.5, 0.6) is 0 Å². The lowest BCUT2D eigenvalue weighted by Crippen LogP contribution is -2.12. The molecule has 7 heteroatoms. The standard InChI is InChI=1S/C8HF6N/c9-5-1-4(8(12,13)14)6(10)3(2-15)7(5)11/h1H. The van der Waals surface area contributed by atoms with E-state index in [2.05, 4.69) is 0 Å². The smallest absolute Gasteiger partial charge is 0.205 e. The van der Waals surface area contributed by atoms with E-state index in [9.17, 15) is 26.3 Å². The number of rotatable bonds is 0. The van der Waals surface area contributed by atoms with Crippen LogP contribution in [0.15, 0.2) is 6.07 Å². The Morgan fingerprint density at radius 3 is 2.00 bits per heavy atom. The second-order valence-electron chi connectivity index (χ2n) is 2.52. The number of halogens is 6. The predicted molar refractivity (Wildman–Crippen MR) is 36.0 cm³/mol. The minimum Gasteiger partial charge on any atom is -0.205 e. The van der Waals surface area contributed by atoms with Crippen molar-refractivity contribution in [2.45, 2.75) is 6.18 Å². The zero-order chi connectivity index (χ0) is 11.8. The summed E-state index contributed by atoms with van der Waals surface area (Å²) in [7, 11) is 0. The molecule has 0 aliphatic carbocycles. The zero-order valence-corrected chi connectivity index (χ0v) is 6.79. The van der Waals surface area contributed by atoms with E-state index < -0.39 is 34.8 Å². The molecular weight excluding hydrogens is 224 g/mol. The molecule has 15 heavy (non-hydrogen) atoms. The third kappa shape index (κ3) is 1.88. The molecule has 0 amide bonds. The summed E-state index contributed by atoms with van der Waals surface area (Å²) in [5, 5.41) is 8.15. The van der Waals surface area contributed by atoms with Gasteiger partial charge in [0.25, 0.3) is 0 Å². The van der Waals surface area contributed by atoms with E-state index in [0.717, 1.165) is 6.07 Å². The highest BCUT2D eigenvalue weighted by Gasteiger charge is 2.37. The van der Waals surface area contributed by atoms with Gasteiger partial charge in [-0.05, 0) is 6.07 Å².